The first-order valence-corrected chi connectivity index (χ1v) is 9.17. The van der Waals surface area contributed by atoms with Crippen LogP contribution in [-0.4, -0.2) is 52.3 Å². The van der Waals surface area contributed by atoms with Gasteiger partial charge in [0.2, 0.25) is 0 Å². The molecule has 4 N–H and O–H groups in total. The molecular formula is C18H32N2O4Pb. The Morgan fingerprint density at radius 3 is 1.16 bits per heavy atom. The molecule has 7 heteroatoms. The molecule has 0 bridgehead atoms. The maximum absolute atomic E-state index is 10.5. The second-order valence-corrected chi connectivity index (χ2v) is 7.63. The monoisotopic (exact) mass is 548 g/mol. The molecule has 2 fully saturated rings. The van der Waals surface area contributed by atoms with E-state index in [1.54, 1.807) is 0 Å². The molecule has 0 aromatic carbocycles. The van der Waals surface area contributed by atoms with Gasteiger partial charge in [-0.25, -0.2) is 0 Å². The Hall–Kier alpha value is -0.218. The Morgan fingerprint density at radius 1 is 0.680 bits per heavy atom. The maximum atomic E-state index is 10.5. The molecule has 2 aliphatic carbocycles. The van der Waals surface area contributed by atoms with Gasteiger partial charge in [0, 0.05) is 11.9 Å². The van der Waals surface area contributed by atoms with Gasteiger partial charge in [0.25, 0.3) is 0 Å². The topological polar surface area (TPSA) is 132 Å². The van der Waals surface area contributed by atoms with Crippen molar-refractivity contribution in [3.8, 4) is 0 Å². The molecule has 2 rings (SSSR count). The van der Waals surface area contributed by atoms with Gasteiger partial charge in [-0.2, -0.15) is 0 Å². The second kappa shape index (κ2) is 12.2. The quantitative estimate of drug-likeness (QED) is 0.439. The number of nitrogens with two attached hydrogens (primary N) is 2. The number of carbonyl (C=O) groups is 2. The van der Waals surface area contributed by atoms with E-state index in [4.69, 9.17) is 11.5 Å². The molecule has 2 radical (unpaired) electrons. The minimum Gasteiger partial charge on any atom is -0.550 e. The third kappa shape index (κ3) is 8.81. The normalized spacial score (nSPS) is 21.2. The molecule has 0 unspecified atom stereocenters. The molecule has 6 nitrogen and oxygen atoms in total. The van der Waals surface area contributed by atoms with Crippen LogP contribution in [0.4, 0.5) is 0 Å². The van der Waals surface area contributed by atoms with Crippen LogP contribution in [0.2, 0.25) is 0 Å². The summed E-state index contributed by atoms with van der Waals surface area (Å²) in [6, 6.07) is 0. The Balaban J connectivity index is 0.000000443. The number of carbonyl (C=O) groups excluding carboxylic acids is 2. The largest absolute Gasteiger partial charge is 2.00 e. The Bertz CT molecular complexity index is 368. The third-order valence-corrected chi connectivity index (χ3v) is 5.73. The van der Waals surface area contributed by atoms with Gasteiger partial charge < -0.3 is 31.3 Å². The first-order valence-electron chi connectivity index (χ1n) is 9.17. The molecular weight excluding hydrogens is 515 g/mol. The molecule has 142 valence electrons. The minimum atomic E-state index is -0.956. The van der Waals surface area contributed by atoms with Crippen LogP contribution in [0.5, 0.6) is 0 Å². The predicted molar refractivity (Wildman–Crippen MR) is 94.1 cm³/mol. The third-order valence-electron chi connectivity index (χ3n) is 5.73. The molecule has 2 saturated carbocycles. The zero-order valence-corrected chi connectivity index (χ0v) is 19.1. The Kier molecular flexibility index (Phi) is 12.1. The summed E-state index contributed by atoms with van der Waals surface area (Å²) in [7, 11) is 0. The SMILES string of the molecule is NCC1(CC(=O)[O-])CCCCC1.NCC1(CC(=O)[O-])CCCCC1.[Pb+2]. The van der Waals surface area contributed by atoms with Crippen molar-refractivity contribution in [2.75, 3.05) is 13.1 Å². The number of hydrogen-bond donors (Lipinski definition) is 2. The van der Waals surface area contributed by atoms with Crippen molar-refractivity contribution in [3.05, 3.63) is 0 Å². The second-order valence-electron chi connectivity index (χ2n) is 7.63. The number of rotatable bonds is 6. The van der Waals surface area contributed by atoms with Crippen LogP contribution in [0.15, 0.2) is 0 Å². The van der Waals surface area contributed by atoms with Gasteiger partial charge in [0.05, 0.1) is 0 Å². The number of carboxylic acid groups (broad SMARTS) is 2. The van der Waals surface area contributed by atoms with Gasteiger partial charge in [-0.3, -0.25) is 0 Å². The van der Waals surface area contributed by atoms with Crippen LogP contribution in [0, 0.1) is 10.8 Å². The van der Waals surface area contributed by atoms with E-state index in [1.165, 1.54) is 12.8 Å². The molecule has 0 atom stereocenters. The van der Waals surface area contributed by atoms with Crippen molar-refractivity contribution < 1.29 is 19.8 Å². The van der Waals surface area contributed by atoms with E-state index in [1.807, 2.05) is 0 Å². The van der Waals surface area contributed by atoms with Gasteiger partial charge in [-0.15, -0.1) is 0 Å². The van der Waals surface area contributed by atoms with E-state index in [2.05, 4.69) is 0 Å². The number of carboxylic acids is 2. The molecule has 25 heavy (non-hydrogen) atoms. The van der Waals surface area contributed by atoms with E-state index < -0.39 is 11.9 Å². The van der Waals surface area contributed by atoms with Crippen LogP contribution in [0.1, 0.15) is 77.0 Å². The summed E-state index contributed by atoms with van der Waals surface area (Å²) in [5.74, 6) is -1.91. The first kappa shape index (κ1) is 24.8. The fraction of sp³-hybridized carbons (Fsp3) is 0.889. The standard InChI is InChI=1S/2C9H17NO2.Pb/c2*10-7-9(6-8(11)12)4-2-1-3-5-9;/h2*1-7,10H2,(H,11,12);/q;;+2/p-2. The summed E-state index contributed by atoms with van der Waals surface area (Å²) in [5.41, 5.74) is 10.9. The van der Waals surface area contributed by atoms with Gasteiger partial charge >= 0.3 is 27.3 Å². The van der Waals surface area contributed by atoms with Crippen molar-refractivity contribution >= 4 is 39.2 Å². The average Bonchev–Trinajstić information content (AvgIpc) is 2.56. The molecule has 2 aliphatic rings. The molecule has 0 aromatic heterocycles. The van der Waals surface area contributed by atoms with Crippen molar-refractivity contribution in [3.63, 3.8) is 0 Å². The average molecular weight is 548 g/mol. The first-order chi connectivity index (χ1) is 11.4. The fourth-order valence-corrected chi connectivity index (χ4v) is 4.12. The molecule has 0 saturated heterocycles. The summed E-state index contributed by atoms with van der Waals surface area (Å²) in [5, 5.41) is 20.9. The molecule has 0 aliphatic heterocycles. The molecule has 0 heterocycles. The maximum Gasteiger partial charge on any atom is 2.00 e. The fourth-order valence-electron chi connectivity index (χ4n) is 4.12. The zero-order chi connectivity index (χ0) is 18.1. The van der Waals surface area contributed by atoms with Gasteiger partial charge in [-0.1, -0.05) is 38.5 Å². The minimum absolute atomic E-state index is 0. The zero-order valence-electron chi connectivity index (χ0n) is 15.2. The van der Waals surface area contributed by atoms with Crippen LogP contribution in [0.25, 0.3) is 0 Å². The van der Waals surface area contributed by atoms with Crippen molar-refractivity contribution in [1.82, 2.24) is 0 Å². The van der Waals surface area contributed by atoms with Crippen molar-refractivity contribution in [2.24, 2.45) is 22.3 Å². The Labute approximate surface area is 171 Å². The summed E-state index contributed by atoms with van der Waals surface area (Å²) < 4.78 is 0. The predicted octanol–water partition coefficient (Wildman–Crippen LogP) is -0.310. The number of hydrogen-bond acceptors (Lipinski definition) is 6. The Morgan fingerprint density at radius 2 is 0.960 bits per heavy atom. The van der Waals surface area contributed by atoms with Crippen molar-refractivity contribution in [1.29, 1.82) is 0 Å². The van der Waals surface area contributed by atoms with Crippen molar-refractivity contribution in [2.45, 2.75) is 77.0 Å². The van der Waals surface area contributed by atoms with Gasteiger partial charge in [-0.05, 0) is 62.4 Å². The molecule has 0 amide bonds. The van der Waals surface area contributed by atoms with E-state index in [0.29, 0.717) is 13.1 Å². The van der Waals surface area contributed by atoms with E-state index in [0.717, 1.165) is 51.4 Å². The van der Waals surface area contributed by atoms with E-state index in [-0.39, 0.29) is 51.0 Å². The number of aliphatic carboxylic acids is 2. The summed E-state index contributed by atoms with van der Waals surface area (Å²) in [6.07, 6.45) is 11.0. The molecule has 0 aromatic rings. The van der Waals surface area contributed by atoms with E-state index in [9.17, 15) is 19.8 Å². The molecule has 0 spiro atoms. The van der Waals surface area contributed by atoms with Crippen LogP contribution in [-0.2, 0) is 9.59 Å². The van der Waals surface area contributed by atoms with Crippen LogP contribution in [0.3, 0.4) is 0 Å². The van der Waals surface area contributed by atoms with Gasteiger partial charge in [0.1, 0.15) is 0 Å². The summed E-state index contributed by atoms with van der Waals surface area (Å²) in [6.45, 7) is 0.974. The summed E-state index contributed by atoms with van der Waals surface area (Å²) >= 11 is 0. The van der Waals surface area contributed by atoms with Crippen LogP contribution >= 0.6 is 0 Å². The van der Waals surface area contributed by atoms with Gasteiger partial charge in [0.15, 0.2) is 0 Å². The summed E-state index contributed by atoms with van der Waals surface area (Å²) in [4.78, 5) is 20.9. The smallest absolute Gasteiger partial charge is 0.550 e. The van der Waals surface area contributed by atoms with Crippen LogP contribution < -0.4 is 21.7 Å². The van der Waals surface area contributed by atoms with E-state index >= 15 is 0 Å².